The highest BCUT2D eigenvalue weighted by molar-refractivity contribution is 6.02. The number of nitrogens with one attached hydrogen (secondary N) is 1. The van der Waals surface area contributed by atoms with Crippen molar-refractivity contribution in [2.45, 2.75) is 93.4 Å². The summed E-state index contributed by atoms with van der Waals surface area (Å²) in [6, 6.07) is 8.89. The van der Waals surface area contributed by atoms with Crippen LogP contribution in [0.1, 0.15) is 74.7 Å². The standard InChI is InChI=1S/C43H40F4N8O2/c1-2-27-29(44)11-10-23-6-3-7-28(32(23)27)35-34(45)36-33-30(50-35)8-4-9-31-43-19-24(43)18-25(53-43)20-54(31)39(33)52-41(51-36)57-22-42-13-5-17-55(42)26(12-14-42)21-56-40-37(38(46)47)48-15-16-49-40/h1,3,6-7,10-11,15-16,24-26,31,38,53H,4-5,8-9,12-14,17-22H2/t24-,25-,26+,31-,42+,43-/m1/s1. The lowest BCUT2D eigenvalue weighted by Gasteiger charge is -2.45. The first-order chi connectivity index (χ1) is 27.8. The van der Waals surface area contributed by atoms with Crippen LogP contribution < -0.4 is 19.7 Å². The molecule has 0 amide bonds. The van der Waals surface area contributed by atoms with E-state index in [1.165, 1.54) is 18.5 Å². The van der Waals surface area contributed by atoms with Crippen LogP contribution in [0.5, 0.6) is 11.9 Å². The number of benzene rings is 2. The van der Waals surface area contributed by atoms with Gasteiger partial charge in [0.1, 0.15) is 36.1 Å². The third-order valence-electron chi connectivity index (χ3n) is 13.8. The van der Waals surface area contributed by atoms with E-state index in [1.807, 2.05) is 6.07 Å². The number of hydrogen-bond acceptors (Lipinski definition) is 10. The largest absolute Gasteiger partial charge is 0.475 e. The number of anilines is 1. The molecule has 292 valence electrons. The quantitative estimate of drug-likeness (QED) is 0.132. The van der Waals surface area contributed by atoms with Crippen LogP contribution in [0.3, 0.4) is 0 Å². The van der Waals surface area contributed by atoms with Crippen LogP contribution in [0.15, 0.2) is 42.7 Å². The Bertz CT molecular complexity index is 2520. The molecule has 1 spiro atoms. The number of alkyl halides is 2. The van der Waals surface area contributed by atoms with Gasteiger partial charge in [-0.2, -0.15) is 9.97 Å². The lowest BCUT2D eigenvalue weighted by Crippen LogP contribution is -2.62. The Morgan fingerprint density at radius 3 is 2.77 bits per heavy atom. The molecular formula is C43H40F4N8O2. The first-order valence-corrected chi connectivity index (χ1v) is 20.0. The van der Waals surface area contributed by atoms with Crippen LogP contribution in [-0.2, 0) is 6.42 Å². The second kappa shape index (κ2) is 12.9. The molecule has 14 heteroatoms. The van der Waals surface area contributed by atoms with Gasteiger partial charge < -0.3 is 19.7 Å². The Balaban J connectivity index is 0.987. The van der Waals surface area contributed by atoms with Gasteiger partial charge >= 0.3 is 6.01 Å². The number of aryl methyl sites for hydroxylation is 1. The summed E-state index contributed by atoms with van der Waals surface area (Å²) in [6.45, 7) is 2.00. The highest BCUT2D eigenvalue weighted by Crippen LogP contribution is 2.59. The summed E-state index contributed by atoms with van der Waals surface area (Å²) in [5, 5.41) is 5.65. The smallest absolute Gasteiger partial charge is 0.319 e. The van der Waals surface area contributed by atoms with E-state index in [0.29, 0.717) is 51.6 Å². The van der Waals surface area contributed by atoms with Gasteiger partial charge in [0.25, 0.3) is 6.43 Å². The topological polar surface area (TPSA) is 101 Å². The number of fused-ring (bicyclic) bond motifs is 5. The first kappa shape index (κ1) is 35.1. The molecule has 5 aromatic rings. The van der Waals surface area contributed by atoms with E-state index in [-0.39, 0.29) is 65.0 Å². The summed E-state index contributed by atoms with van der Waals surface area (Å²) >= 11 is 0. The third kappa shape index (κ3) is 5.34. The van der Waals surface area contributed by atoms with Crippen molar-refractivity contribution in [1.29, 1.82) is 0 Å². The van der Waals surface area contributed by atoms with Crippen molar-refractivity contribution in [2.75, 3.05) is 31.2 Å². The zero-order valence-corrected chi connectivity index (χ0v) is 31.2. The molecule has 5 fully saturated rings. The van der Waals surface area contributed by atoms with E-state index in [1.54, 1.807) is 18.2 Å². The molecular weight excluding hydrogens is 737 g/mol. The molecule has 6 atom stereocenters. The van der Waals surface area contributed by atoms with Gasteiger partial charge in [0.05, 0.1) is 22.2 Å². The molecule has 2 aromatic carbocycles. The van der Waals surface area contributed by atoms with Crippen molar-refractivity contribution in [2.24, 2.45) is 5.92 Å². The number of nitrogens with zero attached hydrogens (tertiary/aromatic N) is 7. The molecule has 3 aromatic heterocycles. The molecule has 6 aliphatic rings. The van der Waals surface area contributed by atoms with Crippen LogP contribution >= 0.6 is 0 Å². The molecule has 1 aliphatic carbocycles. The van der Waals surface area contributed by atoms with Crippen molar-refractivity contribution in [3.63, 3.8) is 0 Å². The minimum atomic E-state index is -2.79. The minimum Gasteiger partial charge on any atom is -0.475 e. The van der Waals surface area contributed by atoms with Crippen LogP contribution in [0, 0.1) is 29.9 Å². The lowest BCUT2D eigenvalue weighted by atomic mass is 9.91. The predicted molar refractivity (Wildman–Crippen MR) is 204 cm³/mol. The van der Waals surface area contributed by atoms with E-state index >= 15 is 8.78 Å². The second-order valence-corrected chi connectivity index (χ2v) is 16.7. The van der Waals surface area contributed by atoms with Gasteiger partial charge in [-0.25, -0.2) is 32.5 Å². The average Bonchev–Trinajstić information content (AvgIpc) is 3.45. The number of piperidine rings is 1. The Labute approximate surface area is 326 Å². The van der Waals surface area contributed by atoms with Gasteiger partial charge in [-0.3, -0.25) is 4.90 Å². The fraction of sp³-hybridized carbons (Fsp3) is 0.465. The van der Waals surface area contributed by atoms with E-state index in [4.69, 9.17) is 30.8 Å². The Hall–Kier alpha value is -5.13. The fourth-order valence-corrected chi connectivity index (χ4v) is 11.3. The normalized spacial score (nSPS) is 28.5. The minimum absolute atomic E-state index is 0.0366. The molecule has 5 aliphatic heterocycles. The van der Waals surface area contributed by atoms with Gasteiger partial charge in [0.2, 0.25) is 5.88 Å². The Morgan fingerprint density at radius 1 is 1.00 bits per heavy atom. The third-order valence-corrected chi connectivity index (χ3v) is 13.8. The summed E-state index contributed by atoms with van der Waals surface area (Å²) in [5.41, 5.74) is 0.568. The molecule has 10 nitrogen and oxygen atoms in total. The van der Waals surface area contributed by atoms with E-state index in [9.17, 15) is 8.78 Å². The number of piperazine rings is 1. The van der Waals surface area contributed by atoms with Gasteiger partial charge in [-0.1, -0.05) is 30.2 Å². The van der Waals surface area contributed by atoms with Gasteiger partial charge in [0, 0.05) is 53.6 Å². The second-order valence-electron chi connectivity index (χ2n) is 16.7. The highest BCUT2D eigenvalue weighted by Gasteiger charge is 2.68. The van der Waals surface area contributed by atoms with Gasteiger partial charge in [-0.15, -0.1) is 6.42 Å². The molecule has 2 bridgehead atoms. The number of aromatic nitrogens is 5. The van der Waals surface area contributed by atoms with Crippen molar-refractivity contribution in [1.82, 2.24) is 35.1 Å². The Kier molecular flexibility index (Phi) is 7.96. The van der Waals surface area contributed by atoms with Crippen molar-refractivity contribution in [3.05, 3.63) is 71.3 Å². The summed E-state index contributed by atoms with van der Waals surface area (Å²) in [5.74, 6) is 2.42. The zero-order valence-electron chi connectivity index (χ0n) is 31.2. The monoisotopic (exact) mass is 776 g/mol. The van der Waals surface area contributed by atoms with Crippen LogP contribution in [0.25, 0.3) is 32.9 Å². The highest BCUT2D eigenvalue weighted by atomic mass is 19.3. The number of hydrogen-bond donors (Lipinski definition) is 1. The molecule has 8 heterocycles. The van der Waals surface area contributed by atoms with Gasteiger partial charge in [-0.05, 0) is 81.7 Å². The predicted octanol–water partition coefficient (Wildman–Crippen LogP) is 6.93. The molecule has 0 radical (unpaired) electrons. The molecule has 1 N–H and O–H groups in total. The summed E-state index contributed by atoms with van der Waals surface area (Å²) in [6.07, 6.45) is 13.6. The number of halogens is 4. The fourth-order valence-electron chi connectivity index (χ4n) is 11.3. The summed E-state index contributed by atoms with van der Waals surface area (Å²) in [7, 11) is 0. The molecule has 1 saturated carbocycles. The van der Waals surface area contributed by atoms with E-state index < -0.39 is 23.8 Å². The number of terminal acetylenes is 1. The maximum absolute atomic E-state index is 17.5. The maximum atomic E-state index is 17.5. The number of pyridine rings is 1. The van der Waals surface area contributed by atoms with Gasteiger partial charge in [0.15, 0.2) is 11.5 Å². The average molecular weight is 777 g/mol. The van der Waals surface area contributed by atoms with Crippen LogP contribution in [-0.4, -0.2) is 85.3 Å². The molecule has 11 rings (SSSR count). The summed E-state index contributed by atoms with van der Waals surface area (Å²) in [4.78, 5) is 27.5. The van der Waals surface area contributed by atoms with Crippen molar-refractivity contribution >= 4 is 27.5 Å². The van der Waals surface area contributed by atoms with Crippen molar-refractivity contribution in [3.8, 4) is 35.5 Å². The maximum Gasteiger partial charge on any atom is 0.319 e. The van der Waals surface area contributed by atoms with Crippen LogP contribution in [0.4, 0.5) is 23.4 Å². The SMILES string of the molecule is C#Cc1c(F)ccc2cccc(-c3nc4c5c(nc(OC[C@@]67CCCN6[C@H](COc6nccnc6C(F)F)CC7)nc5c3F)N3C[C@H]5C[C@@H]6C[C@]6(N5)[C@H]3CCC4)c12. The Morgan fingerprint density at radius 2 is 1.89 bits per heavy atom. The van der Waals surface area contributed by atoms with E-state index in [2.05, 4.69) is 31.0 Å². The number of rotatable bonds is 8. The number of ether oxygens (including phenoxy) is 2. The van der Waals surface area contributed by atoms with E-state index in [0.717, 1.165) is 64.5 Å². The summed E-state index contributed by atoms with van der Waals surface area (Å²) < 4.78 is 72.3. The lowest BCUT2D eigenvalue weighted by molar-refractivity contribution is 0.0661. The molecule has 0 unspecified atom stereocenters. The zero-order chi connectivity index (χ0) is 38.6. The first-order valence-electron chi connectivity index (χ1n) is 20.0. The van der Waals surface area contributed by atoms with Crippen LogP contribution in [0.2, 0.25) is 0 Å². The molecule has 4 saturated heterocycles. The van der Waals surface area contributed by atoms with Crippen molar-refractivity contribution < 1.29 is 27.0 Å². The molecule has 57 heavy (non-hydrogen) atoms.